The highest BCUT2D eigenvalue weighted by atomic mass is 16.1. The van der Waals surface area contributed by atoms with Gasteiger partial charge in [-0.3, -0.25) is 9.89 Å². The van der Waals surface area contributed by atoms with Crippen molar-refractivity contribution in [3.05, 3.63) is 39.4 Å². The third-order valence-corrected chi connectivity index (χ3v) is 2.71. The largest absolute Gasteiger partial charge is 0.294 e. The standard InChI is InChI=1S/C12H16N4O/c1-7(2)11-9(4)15-16(12(11)17)10-6-5-8(3)13-14-10/h5-7,15H,1-4H3. The number of aromatic nitrogens is 4. The molecular weight excluding hydrogens is 216 g/mol. The van der Waals surface area contributed by atoms with E-state index in [1.54, 1.807) is 6.07 Å². The van der Waals surface area contributed by atoms with Gasteiger partial charge in [0, 0.05) is 11.3 Å². The summed E-state index contributed by atoms with van der Waals surface area (Å²) in [5.74, 6) is 0.717. The first-order valence-corrected chi connectivity index (χ1v) is 5.63. The highest BCUT2D eigenvalue weighted by Gasteiger charge is 2.15. The number of hydrogen-bond acceptors (Lipinski definition) is 3. The Kier molecular flexibility index (Phi) is 2.83. The molecule has 0 unspecified atom stereocenters. The van der Waals surface area contributed by atoms with Crippen LogP contribution in [0.3, 0.4) is 0 Å². The van der Waals surface area contributed by atoms with Crippen LogP contribution < -0.4 is 5.56 Å². The van der Waals surface area contributed by atoms with Crippen LogP contribution in [0.25, 0.3) is 5.82 Å². The van der Waals surface area contributed by atoms with Crippen molar-refractivity contribution in [2.75, 3.05) is 0 Å². The van der Waals surface area contributed by atoms with Crippen LogP contribution in [0.15, 0.2) is 16.9 Å². The molecule has 5 nitrogen and oxygen atoms in total. The average molecular weight is 232 g/mol. The fourth-order valence-electron chi connectivity index (χ4n) is 1.91. The molecule has 90 valence electrons. The fraction of sp³-hybridized carbons (Fsp3) is 0.417. The van der Waals surface area contributed by atoms with Crippen molar-refractivity contribution >= 4 is 0 Å². The molecule has 5 heteroatoms. The molecule has 0 atom stereocenters. The van der Waals surface area contributed by atoms with Crippen molar-refractivity contribution in [1.82, 2.24) is 20.0 Å². The van der Waals surface area contributed by atoms with E-state index in [1.165, 1.54) is 4.68 Å². The molecule has 17 heavy (non-hydrogen) atoms. The van der Waals surface area contributed by atoms with Crippen LogP contribution in [0.1, 0.15) is 36.7 Å². The average Bonchev–Trinajstić information content (AvgIpc) is 2.55. The second kappa shape index (κ2) is 4.16. The third kappa shape index (κ3) is 2.00. The number of hydrogen-bond donors (Lipinski definition) is 1. The lowest BCUT2D eigenvalue weighted by molar-refractivity contribution is 0.772. The predicted octanol–water partition coefficient (Wildman–Crippen LogP) is 1.70. The van der Waals surface area contributed by atoms with E-state index in [0.29, 0.717) is 5.82 Å². The van der Waals surface area contributed by atoms with Gasteiger partial charge >= 0.3 is 0 Å². The molecule has 0 aliphatic carbocycles. The zero-order valence-corrected chi connectivity index (χ0v) is 10.5. The van der Waals surface area contributed by atoms with Crippen LogP contribution in [-0.4, -0.2) is 20.0 Å². The number of rotatable bonds is 2. The van der Waals surface area contributed by atoms with Gasteiger partial charge in [-0.2, -0.15) is 9.78 Å². The molecule has 0 aliphatic rings. The number of aryl methyl sites for hydroxylation is 2. The van der Waals surface area contributed by atoms with Gasteiger partial charge in [0.15, 0.2) is 5.82 Å². The summed E-state index contributed by atoms with van der Waals surface area (Å²) in [5.41, 5.74) is 2.46. The van der Waals surface area contributed by atoms with E-state index in [4.69, 9.17) is 0 Å². The maximum absolute atomic E-state index is 12.2. The first kappa shape index (κ1) is 11.6. The Bertz CT molecular complexity index is 578. The molecule has 0 aliphatic heterocycles. The summed E-state index contributed by atoms with van der Waals surface area (Å²) in [6.45, 7) is 7.76. The molecule has 0 saturated carbocycles. The summed E-state index contributed by atoms with van der Waals surface area (Å²) in [4.78, 5) is 12.2. The Labute approximate surface area is 99.5 Å². The number of nitrogens with zero attached hydrogens (tertiary/aromatic N) is 3. The second-order valence-electron chi connectivity index (χ2n) is 4.48. The minimum atomic E-state index is -0.0457. The van der Waals surface area contributed by atoms with E-state index >= 15 is 0 Å². The zero-order chi connectivity index (χ0) is 12.6. The molecule has 2 heterocycles. The van der Waals surface area contributed by atoms with Crippen molar-refractivity contribution in [1.29, 1.82) is 0 Å². The quantitative estimate of drug-likeness (QED) is 0.857. The van der Waals surface area contributed by atoms with Crippen LogP contribution in [-0.2, 0) is 0 Å². The molecule has 0 fully saturated rings. The second-order valence-corrected chi connectivity index (χ2v) is 4.48. The van der Waals surface area contributed by atoms with Gasteiger partial charge in [-0.05, 0) is 31.9 Å². The van der Waals surface area contributed by atoms with Crippen molar-refractivity contribution in [2.24, 2.45) is 0 Å². The summed E-state index contributed by atoms with van der Waals surface area (Å²) in [5, 5.41) is 11.0. The Hall–Kier alpha value is -1.91. The molecular formula is C12H16N4O. The number of nitrogens with one attached hydrogen (secondary N) is 1. The molecule has 2 aromatic heterocycles. The lowest BCUT2D eigenvalue weighted by atomic mass is 10.1. The van der Waals surface area contributed by atoms with Crippen LogP contribution in [0.2, 0.25) is 0 Å². The smallest absolute Gasteiger partial charge is 0.276 e. The molecule has 0 spiro atoms. The maximum Gasteiger partial charge on any atom is 0.276 e. The lowest BCUT2D eigenvalue weighted by Gasteiger charge is -1.99. The number of H-pyrrole nitrogens is 1. The fourth-order valence-corrected chi connectivity index (χ4v) is 1.91. The van der Waals surface area contributed by atoms with E-state index in [1.807, 2.05) is 33.8 Å². The van der Waals surface area contributed by atoms with E-state index in [-0.39, 0.29) is 11.5 Å². The molecule has 1 N–H and O–H groups in total. The van der Waals surface area contributed by atoms with Crippen molar-refractivity contribution in [3.8, 4) is 5.82 Å². The van der Waals surface area contributed by atoms with E-state index in [2.05, 4.69) is 15.3 Å². The molecule has 0 amide bonds. The minimum Gasteiger partial charge on any atom is -0.294 e. The molecule has 0 bridgehead atoms. The Morgan fingerprint density at radius 2 is 1.94 bits per heavy atom. The molecule has 0 saturated heterocycles. The summed E-state index contributed by atoms with van der Waals surface area (Å²) >= 11 is 0. The normalized spacial score (nSPS) is 11.1. The van der Waals surface area contributed by atoms with Gasteiger partial charge in [-0.25, -0.2) is 0 Å². The predicted molar refractivity (Wildman–Crippen MR) is 65.5 cm³/mol. The topological polar surface area (TPSA) is 63.6 Å². The van der Waals surface area contributed by atoms with Crippen molar-refractivity contribution in [2.45, 2.75) is 33.6 Å². The molecule has 0 aromatic carbocycles. The van der Waals surface area contributed by atoms with Gasteiger partial charge in [0.1, 0.15) is 0 Å². The third-order valence-electron chi connectivity index (χ3n) is 2.71. The summed E-state index contributed by atoms with van der Waals surface area (Å²) < 4.78 is 1.44. The van der Waals surface area contributed by atoms with Gasteiger partial charge in [0.2, 0.25) is 0 Å². The van der Waals surface area contributed by atoms with Crippen LogP contribution in [0.5, 0.6) is 0 Å². The van der Waals surface area contributed by atoms with Crippen LogP contribution in [0.4, 0.5) is 0 Å². The van der Waals surface area contributed by atoms with Crippen LogP contribution >= 0.6 is 0 Å². The van der Waals surface area contributed by atoms with Gasteiger partial charge in [0.25, 0.3) is 5.56 Å². The lowest BCUT2D eigenvalue weighted by Crippen LogP contribution is -2.19. The van der Waals surface area contributed by atoms with Gasteiger partial charge in [0.05, 0.1) is 5.69 Å². The number of aromatic amines is 1. The van der Waals surface area contributed by atoms with E-state index in [9.17, 15) is 4.79 Å². The Morgan fingerprint density at radius 1 is 1.24 bits per heavy atom. The summed E-state index contributed by atoms with van der Waals surface area (Å²) in [6.07, 6.45) is 0. The summed E-state index contributed by atoms with van der Waals surface area (Å²) in [7, 11) is 0. The molecule has 2 rings (SSSR count). The maximum atomic E-state index is 12.2. The highest BCUT2D eigenvalue weighted by molar-refractivity contribution is 5.27. The Balaban J connectivity index is 2.58. The van der Waals surface area contributed by atoms with Crippen molar-refractivity contribution in [3.63, 3.8) is 0 Å². The van der Waals surface area contributed by atoms with Gasteiger partial charge in [-0.15, -0.1) is 5.10 Å². The van der Waals surface area contributed by atoms with Gasteiger partial charge in [-0.1, -0.05) is 13.8 Å². The summed E-state index contributed by atoms with van der Waals surface area (Å²) in [6, 6.07) is 3.61. The minimum absolute atomic E-state index is 0.0457. The monoisotopic (exact) mass is 232 g/mol. The first-order chi connectivity index (χ1) is 8.00. The molecule has 2 aromatic rings. The first-order valence-electron chi connectivity index (χ1n) is 5.63. The van der Waals surface area contributed by atoms with Crippen LogP contribution in [0, 0.1) is 13.8 Å². The van der Waals surface area contributed by atoms with Crippen molar-refractivity contribution < 1.29 is 0 Å². The van der Waals surface area contributed by atoms with Gasteiger partial charge < -0.3 is 0 Å². The van der Waals surface area contributed by atoms with E-state index in [0.717, 1.165) is 17.0 Å². The Morgan fingerprint density at radius 3 is 2.41 bits per heavy atom. The van der Waals surface area contributed by atoms with E-state index < -0.39 is 0 Å². The highest BCUT2D eigenvalue weighted by Crippen LogP contribution is 2.14. The SMILES string of the molecule is Cc1ccc(-n2[nH]c(C)c(C(C)C)c2=O)nn1. The zero-order valence-electron chi connectivity index (χ0n) is 10.5. The molecule has 0 radical (unpaired) electrons.